The Hall–Kier alpha value is -1.09. The van der Waals surface area contributed by atoms with E-state index in [1.807, 2.05) is 12.3 Å². The predicted molar refractivity (Wildman–Crippen MR) is 85.5 cm³/mol. The van der Waals surface area contributed by atoms with Gasteiger partial charge in [-0.05, 0) is 49.0 Å². The average Bonchev–Trinajstić information content (AvgIpc) is 2.39. The Kier molecular flexibility index (Phi) is 5.20. The lowest BCUT2D eigenvalue weighted by Crippen LogP contribution is -2.10. The Bertz CT molecular complexity index is 474. The van der Waals surface area contributed by atoms with Gasteiger partial charge in [0.05, 0.1) is 5.84 Å². The zero-order valence-electron chi connectivity index (χ0n) is 11.4. The molecule has 0 radical (unpaired) electrons. The van der Waals surface area contributed by atoms with Crippen LogP contribution < -0.4 is 5.32 Å². The number of rotatable bonds is 3. The highest BCUT2D eigenvalue weighted by atomic mass is 79.9. The van der Waals surface area contributed by atoms with Crippen LogP contribution in [0.15, 0.2) is 28.9 Å². The fourth-order valence-electron chi connectivity index (χ4n) is 2.65. The quantitative estimate of drug-likeness (QED) is 0.593. The normalized spacial score (nSPS) is 16.7. The van der Waals surface area contributed by atoms with E-state index in [1.165, 1.54) is 42.1 Å². The smallest absolute Gasteiger partial charge is 0.0939 e. The molecule has 2 rings (SSSR count). The van der Waals surface area contributed by atoms with Gasteiger partial charge in [-0.1, -0.05) is 47.3 Å². The van der Waals surface area contributed by atoms with Crippen LogP contribution in [-0.2, 0) is 0 Å². The largest absolute Gasteiger partial charge is 0.351 e. The minimum absolute atomic E-state index is 0.453. The molecule has 1 aliphatic carbocycles. The van der Waals surface area contributed by atoms with Crippen molar-refractivity contribution in [2.24, 2.45) is 0 Å². The highest BCUT2D eigenvalue weighted by molar-refractivity contribution is 9.10. The topological polar surface area (TPSA) is 35.9 Å². The summed E-state index contributed by atoms with van der Waals surface area (Å²) in [5.74, 6) is 1.18. The first kappa shape index (κ1) is 14.3. The molecular weight excluding hydrogens is 300 g/mol. The summed E-state index contributed by atoms with van der Waals surface area (Å²) >= 11 is 3.71. The Morgan fingerprint density at radius 3 is 2.68 bits per heavy atom. The maximum atomic E-state index is 7.30. The molecule has 0 aliphatic heterocycles. The van der Waals surface area contributed by atoms with Crippen LogP contribution in [0.1, 0.15) is 56.1 Å². The number of benzene rings is 1. The van der Waals surface area contributed by atoms with Crippen LogP contribution in [0.2, 0.25) is 0 Å². The van der Waals surface area contributed by atoms with Crippen molar-refractivity contribution in [3.05, 3.63) is 40.0 Å². The third kappa shape index (κ3) is 4.20. The van der Waals surface area contributed by atoms with Crippen LogP contribution >= 0.6 is 15.9 Å². The molecule has 0 heterocycles. The Labute approximate surface area is 123 Å². The molecule has 102 valence electrons. The van der Waals surface area contributed by atoms with Gasteiger partial charge in [0.1, 0.15) is 0 Å². The second-order valence-electron chi connectivity index (χ2n) is 5.22. The maximum absolute atomic E-state index is 7.30. The monoisotopic (exact) mass is 320 g/mol. The summed E-state index contributed by atoms with van der Waals surface area (Å²) in [5.41, 5.74) is 2.60. The highest BCUT2D eigenvalue weighted by Crippen LogP contribution is 2.36. The second-order valence-corrected chi connectivity index (χ2v) is 6.07. The fraction of sp³-hybridized carbons (Fsp3) is 0.438. The first-order valence-corrected chi connectivity index (χ1v) is 7.74. The van der Waals surface area contributed by atoms with Crippen LogP contribution in [0, 0.1) is 5.41 Å². The number of amidine groups is 1. The van der Waals surface area contributed by atoms with Gasteiger partial charge in [0.2, 0.25) is 0 Å². The van der Waals surface area contributed by atoms with Gasteiger partial charge in [-0.25, -0.2) is 0 Å². The van der Waals surface area contributed by atoms with Crippen LogP contribution in [0.5, 0.6) is 0 Å². The zero-order valence-corrected chi connectivity index (χ0v) is 13.0. The molecule has 0 unspecified atom stereocenters. The van der Waals surface area contributed by atoms with E-state index in [4.69, 9.17) is 5.41 Å². The standard InChI is InChI=1S/C16H21BrN2/c1-12(18)19-10-9-13-7-8-15(16(17)11-13)14-5-3-2-4-6-14/h7-11,14H,2-6H2,1H3,(H2,18,19). The van der Waals surface area contributed by atoms with E-state index < -0.39 is 0 Å². The van der Waals surface area contributed by atoms with Crippen LogP contribution in [0.4, 0.5) is 0 Å². The van der Waals surface area contributed by atoms with Gasteiger partial charge in [0.25, 0.3) is 0 Å². The summed E-state index contributed by atoms with van der Waals surface area (Å²) in [6.45, 7) is 1.73. The van der Waals surface area contributed by atoms with Crippen LogP contribution in [0.25, 0.3) is 6.08 Å². The summed E-state index contributed by atoms with van der Waals surface area (Å²) in [5, 5.41) is 10.2. The van der Waals surface area contributed by atoms with E-state index in [9.17, 15) is 0 Å². The van der Waals surface area contributed by atoms with Crippen LogP contribution in [0.3, 0.4) is 0 Å². The summed E-state index contributed by atoms with van der Waals surface area (Å²) in [7, 11) is 0. The van der Waals surface area contributed by atoms with Gasteiger partial charge in [-0.2, -0.15) is 0 Å². The minimum Gasteiger partial charge on any atom is -0.351 e. The lowest BCUT2D eigenvalue weighted by atomic mass is 9.84. The molecular formula is C16H21BrN2. The Morgan fingerprint density at radius 1 is 1.32 bits per heavy atom. The summed E-state index contributed by atoms with van der Waals surface area (Å²) in [6.07, 6.45) is 10.6. The van der Waals surface area contributed by atoms with Gasteiger partial charge in [-0.3, -0.25) is 5.41 Å². The molecule has 0 atom stereocenters. The molecule has 19 heavy (non-hydrogen) atoms. The second kappa shape index (κ2) is 6.90. The van der Waals surface area contributed by atoms with E-state index >= 15 is 0 Å². The summed E-state index contributed by atoms with van der Waals surface area (Å²) < 4.78 is 1.22. The maximum Gasteiger partial charge on any atom is 0.0939 e. The van der Waals surface area contributed by atoms with Gasteiger partial charge < -0.3 is 5.32 Å². The van der Waals surface area contributed by atoms with Gasteiger partial charge in [0.15, 0.2) is 0 Å². The van der Waals surface area contributed by atoms with Crippen molar-refractivity contribution in [3.8, 4) is 0 Å². The van der Waals surface area contributed by atoms with Crippen molar-refractivity contribution in [1.82, 2.24) is 5.32 Å². The molecule has 0 spiro atoms. The van der Waals surface area contributed by atoms with Crippen LogP contribution in [-0.4, -0.2) is 5.84 Å². The van der Waals surface area contributed by atoms with E-state index in [1.54, 1.807) is 6.92 Å². The zero-order chi connectivity index (χ0) is 13.7. The molecule has 1 saturated carbocycles. The molecule has 1 fully saturated rings. The third-order valence-corrected chi connectivity index (χ3v) is 4.33. The van der Waals surface area contributed by atoms with E-state index in [0.29, 0.717) is 5.84 Å². The average molecular weight is 321 g/mol. The van der Waals surface area contributed by atoms with Crippen molar-refractivity contribution in [2.45, 2.75) is 44.9 Å². The Morgan fingerprint density at radius 2 is 2.05 bits per heavy atom. The van der Waals surface area contributed by atoms with Gasteiger partial charge >= 0.3 is 0 Å². The lowest BCUT2D eigenvalue weighted by molar-refractivity contribution is 0.442. The van der Waals surface area contributed by atoms with Gasteiger partial charge in [-0.15, -0.1) is 0 Å². The molecule has 1 aromatic carbocycles. The number of nitrogens with one attached hydrogen (secondary N) is 2. The summed E-state index contributed by atoms with van der Waals surface area (Å²) in [6, 6.07) is 6.57. The SMILES string of the molecule is CC(=N)NC=Cc1ccc(C2CCCCC2)c(Br)c1. The first-order valence-electron chi connectivity index (χ1n) is 6.94. The van der Waals surface area contributed by atoms with E-state index in [0.717, 1.165) is 11.5 Å². The van der Waals surface area contributed by atoms with E-state index in [-0.39, 0.29) is 0 Å². The van der Waals surface area contributed by atoms with E-state index in [2.05, 4.69) is 39.4 Å². The number of hydrogen-bond donors (Lipinski definition) is 2. The molecule has 3 heteroatoms. The van der Waals surface area contributed by atoms with Gasteiger partial charge in [0, 0.05) is 10.7 Å². The molecule has 2 nitrogen and oxygen atoms in total. The summed E-state index contributed by atoms with van der Waals surface area (Å²) in [4.78, 5) is 0. The minimum atomic E-state index is 0.453. The molecule has 0 amide bonds. The van der Waals surface area contributed by atoms with Crippen molar-refractivity contribution in [1.29, 1.82) is 5.41 Å². The molecule has 0 aromatic heterocycles. The van der Waals surface area contributed by atoms with Crippen molar-refractivity contribution in [3.63, 3.8) is 0 Å². The first-order chi connectivity index (χ1) is 9.16. The highest BCUT2D eigenvalue weighted by Gasteiger charge is 2.17. The lowest BCUT2D eigenvalue weighted by Gasteiger charge is -2.23. The molecule has 2 N–H and O–H groups in total. The Balaban J connectivity index is 2.08. The number of halogens is 1. The van der Waals surface area contributed by atoms with Crippen molar-refractivity contribution < 1.29 is 0 Å². The van der Waals surface area contributed by atoms with Crippen molar-refractivity contribution >= 4 is 27.8 Å². The molecule has 0 bridgehead atoms. The third-order valence-electron chi connectivity index (χ3n) is 3.65. The molecule has 0 saturated heterocycles. The predicted octanol–water partition coefficient (Wildman–Crippen LogP) is 5.05. The molecule has 1 aliphatic rings. The number of hydrogen-bond acceptors (Lipinski definition) is 1. The van der Waals surface area contributed by atoms with Crippen molar-refractivity contribution in [2.75, 3.05) is 0 Å². The molecule has 1 aromatic rings. The fourth-order valence-corrected chi connectivity index (χ4v) is 3.37.